The number of carbonyl (C=O) groups is 1. The zero-order chi connectivity index (χ0) is 15.4. The largest absolute Gasteiger partial charge is 0.389 e. The number of hydrogen-bond acceptors (Lipinski definition) is 2. The molecule has 0 spiro atoms. The maximum atomic E-state index is 12.1. The summed E-state index contributed by atoms with van der Waals surface area (Å²) in [5.74, 6) is 6.05. The molecular weight excluding hydrogens is 274 g/mol. The van der Waals surface area contributed by atoms with Crippen molar-refractivity contribution in [2.24, 2.45) is 0 Å². The van der Waals surface area contributed by atoms with E-state index in [2.05, 4.69) is 11.8 Å². The fourth-order valence-electron chi connectivity index (χ4n) is 2.59. The molecule has 0 radical (unpaired) electrons. The second-order valence-corrected chi connectivity index (χ2v) is 5.36. The highest BCUT2D eigenvalue weighted by Gasteiger charge is 2.37. The Morgan fingerprint density at radius 2 is 1.68 bits per heavy atom. The lowest BCUT2D eigenvalue weighted by Crippen LogP contribution is -2.35. The first kappa shape index (κ1) is 14.4. The van der Waals surface area contributed by atoms with E-state index in [0.29, 0.717) is 6.54 Å². The Hall–Kier alpha value is -2.57. The first-order valence-corrected chi connectivity index (χ1v) is 7.32. The van der Waals surface area contributed by atoms with E-state index in [9.17, 15) is 9.90 Å². The van der Waals surface area contributed by atoms with Crippen molar-refractivity contribution < 1.29 is 9.90 Å². The van der Waals surface area contributed by atoms with Gasteiger partial charge in [0.1, 0.15) is 6.04 Å². The predicted molar refractivity (Wildman–Crippen MR) is 84.7 cm³/mol. The maximum absolute atomic E-state index is 12.1. The minimum Gasteiger partial charge on any atom is -0.389 e. The molecule has 3 heteroatoms. The average Bonchev–Trinajstić information content (AvgIpc) is 2.81. The van der Waals surface area contributed by atoms with Gasteiger partial charge in [-0.1, -0.05) is 60.4 Å². The van der Waals surface area contributed by atoms with Crippen molar-refractivity contribution in [3.8, 4) is 11.8 Å². The number of rotatable bonds is 2. The van der Waals surface area contributed by atoms with Crippen LogP contribution >= 0.6 is 0 Å². The molecule has 3 nitrogen and oxygen atoms in total. The van der Waals surface area contributed by atoms with Crippen LogP contribution in [0.1, 0.15) is 17.5 Å². The summed E-state index contributed by atoms with van der Waals surface area (Å²) in [4.78, 5) is 13.8. The molecule has 0 aromatic heterocycles. The second-order valence-electron chi connectivity index (χ2n) is 5.36. The molecule has 22 heavy (non-hydrogen) atoms. The molecule has 1 aliphatic rings. The van der Waals surface area contributed by atoms with Gasteiger partial charge in [-0.2, -0.15) is 0 Å². The van der Waals surface area contributed by atoms with Crippen LogP contribution in [-0.2, 0) is 11.3 Å². The molecule has 3 rings (SSSR count). The van der Waals surface area contributed by atoms with E-state index in [-0.39, 0.29) is 12.3 Å². The number of likely N-dealkylation sites (tertiary alicyclic amines) is 1. The van der Waals surface area contributed by atoms with E-state index in [1.807, 2.05) is 60.7 Å². The van der Waals surface area contributed by atoms with Gasteiger partial charge < -0.3 is 10.0 Å². The van der Waals surface area contributed by atoms with Crippen LogP contribution in [0.3, 0.4) is 0 Å². The van der Waals surface area contributed by atoms with Gasteiger partial charge in [0.05, 0.1) is 12.5 Å². The smallest absolute Gasteiger partial charge is 0.226 e. The van der Waals surface area contributed by atoms with Crippen molar-refractivity contribution in [3.63, 3.8) is 0 Å². The topological polar surface area (TPSA) is 40.5 Å². The van der Waals surface area contributed by atoms with Crippen LogP contribution in [0.2, 0.25) is 0 Å². The van der Waals surface area contributed by atoms with Crippen LogP contribution < -0.4 is 0 Å². The van der Waals surface area contributed by atoms with Crippen LogP contribution in [0, 0.1) is 11.8 Å². The van der Waals surface area contributed by atoms with Crippen LogP contribution in [0.5, 0.6) is 0 Å². The second kappa shape index (κ2) is 6.46. The summed E-state index contributed by atoms with van der Waals surface area (Å²) in [5.41, 5.74) is 1.92. The van der Waals surface area contributed by atoms with Crippen molar-refractivity contribution in [1.82, 2.24) is 4.90 Å². The molecule has 2 atom stereocenters. The lowest BCUT2D eigenvalue weighted by atomic mass is 10.1. The highest BCUT2D eigenvalue weighted by atomic mass is 16.3. The van der Waals surface area contributed by atoms with Gasteiger partial charge in [0.2, 0.25) is 5.91 Å². The Bertz CT molecular complexity index is 700. The molecule has 0 unspecified atom stereocenters. The SMILES string of the molecule is O=C1C[C@H](O)[C@@H](C#Cc2ccccc2)N1Cc1ccccc1. The Morgan fingerprint density at radius 3 is 2.36 bits per heavy atom. The highest BCUT2D eigenvalue weighted by Crippen LogP contribution is 2.21. The quantitative estimate of drug-likeness (QED) is 0.862. The van der Waals surface area contributed by atoms with Gasteiger partial charge in [0, 0.05) is 12.1 Å². The summed E-state index contributed by atoms with van der Waals surface area (Å²) in [6.07, 6.45) is -0.589. The molecule has 0 saturated carbocycles. The monoisotopic (exact) mass is 291 g/mol. The van der Waals surface area contributed by atoms with E-state index < -0.39 is 12.1 Å². The summed E-state index contributed by atoms with van der Waals surface area (Å²) in [5, 5.41) is 10.1. The Labute approximate surface area is 130 Å². The zero-order valence-corrected chi connectivity index (χ0v) is 12.1. The van der Waals surface area contributed by atoms with Crippen LogP contribution in [0.15, 0.2) is 60.7 Å². The summed E-state index contributed by atoms with van der Waals surface area (Å²) >= 11 is 0. The third-order valence-corrected chi connectivity index (χ3v) is 3.74. The number of benzene rings is 2. The molecule has 1 amide bonds. The van der Waals surface area contributed by atoms with Crippen molar-refractivity contribution in [2.45, 2.75) is 25.1 Å². The van der Waals surface area contributed by atoms with Crippen LogP contribution in [0.25, 0.3) is 0 Å². The standard InChI is InChI=1S/C19H17NO2/c21-18-13-19(22)20(14-16-9-5-2-6-10-16)17(18)12-11-15-7-3-1-4-8-15/h1-10,17-18,21H,13-14H2/t17-,18+/m1/s1. The molecule has 0 bridgehead atoms. The first-order valence-electron chi connectivity index (χ1n) is 7.32. The van der Waals surface area contributed by atoms with Gasteiger partial charge in [0.15, 0.2) is 0 Å². The summed E-state index contributed by atoms with van der Waals surface area (Å²) in [6, 6.07) is 18.9. The van der Waals surface area contributed by atoms with Crippen molar-refractivity contribution >= 4 is 5.91 Å². The third-order valence-electron chi connectivity index (χ3n) is 3.74. The normalized spacial score (nSPS) is 20.6. The van der Waals surface area contributed by atoms with Crippen molar-refractivity contribution in [2.75, 3.05) is 0 Å². The third kappa shape index (κ3) is 3.19. The Kier molecular flexibility index (Phi) is 4.22. The van der Waals surface area contributed by atoms with Gasteiger partial charge >= 0.3 is 0 Å². The number of nitrogens with zero attached hydrogens (tertiary/aromatic N) is 1. The molecule has 2 aromatic rings. The van der Waals surface area contributed by atoms with E-state index in [1.54, 1.807) is 4.90 Å². The molecule has 1 saturated heterocycles. The summed E-state index contributed by atoms with van der Waals surface area (Å²) in [7, 11) is 0. The van der Waals surface area contributed by atoms with Crippen molar-refractivity contribution in [3.05, 3.63) is 71.8 Å². The molecular formula is C19H17NO2. The van der Waals surface area contributed by atoms with Crippen molar-refractivity contribution in [1.29, 1.82) is 0 Å². The van der Waals surface area contributed by atoms with E-state index in [0.717, 1.165) is 11.1 Å². The highest BCUT2D eigenvalue weighted by molar-refractivity contribution is 5.80. The minimum absolute atomic E-state index is 0.0521. The molecule has 1 N–H and O–H groups in total. The van der Waals surface area contributed by atoms with Gasteiger partial charge in [-0.05, 0) is 17.7 Å². The van der Waals surface area contributed by atoms with Crippen LogP contribution in [-0.4, -0.2) is 28.1 Å². The molecule has 0 aliphatic carbocycles. The van der Waals surface area contributed by atoms with Crippen LogP contribution in [0.4, 0.5) is 0 Å². The van der Waals surface area contributed by atoms with E-state index in [4.69, 9.17) is 0 Å². The van der Waals surface area contributed by atoms with Gasteiger partial charge in [-0.3, -0.25) is 4.79 Å². The fraction of sp³-hybridized carbons (Fsp3) is 0.211. The summed E-state index contributed by atoms with van der Waals surface area (Å²) in [6.45, 7) is 0.477. The molecule has 1 fully saturated rings. The lowest BCUT2D eigenvalue weighted by molar-refractivity contribution is -0.128. The van der Waals surface area contributed by atoms with Gasteiger partial charge in [-0.15, -0.1) is 0 Å². The Morgan fingerprint density at radius 1 is 1.05 bits per heavy atom. The number of aliphatic hydroxyl groups is 1. The maximum Gasteiger partial charge on any atom is 0.226 e. The number of amides is 1. The predicted octanol–water partition coefficient (Wildman–Crippen LogP) is 2.20. The molecule has 1 heterocycles. The Balaban J connectivity index is 1.81. The number of aliphatic hydroxyl groups excluding tert-OH is 1. The first-order chi connectivity index (χ1) is 10.7. The van der Waals surface area contributed by atoms with E-state index >= 15 is 0 Å². The molecule has 1 aliphatic heterocycles. The fourth-order valence-corrected chi connectivity index (χ4v) is 2.59. The van der Waals surface area contributed by atoms with Gasteiger partial charge in [-0.25, -0.2) is 0 Å². The molecule has 110 valence electrons. The number of carbonyl (C=O) groups excluding carboxylic acids is 1. The average molecular weight is 291 g/mol. The molecule has 2 aromatic carbocycles. The zero-order valence-electron chi connectivity index (χ0n) is 12.1. The minimum atomic E-state index is -0.729. The number of hydrogen-bond donors (Lipinski definition) is 1. The lowest BCUT2D eigenvalue weighted by Gasteiger charge is -2.22. The van der Waals surface area contributed by atoms with E-state index in [1.165, 1.54) is 0 Å². The summed E-state index contributed by atoms with van der Waals surface area (Å²) < 4.78 is 0. The van der Waals surface area contributed by atoms with Gasteiger partial charge in [0.25, 0.3) is 0 Å².